The summed E-state index contributed by atoms with van der Waals surface area (Å²) in [6.45, 7) is 0.249. The highest BCUT2D eigenvalue weighted by Crippen LogP contribution is 2.24. The summed E-state index contributed by atoms with van der Waals surface area (Å²) in [6, 6.07) is 11.4. The fourth-order valence-corrected chi connectivity index (χ4v) is 2.02. The van der Waals surface area contributed by atoms with Crippen molar-refractivity contribution in [3.63, 3.8) is 0 Å². The van der Waals surface area contributed by atoms with Crippen molar-refractivity contribution in [2.45, 2.75) is 37.8 Å². The van der Waals surface area contributed by atoms with Crippen LogP contribution in [0.25, 0.3) is 0 Å². The first-order chi connectivity index (χ1) is 7.40. The molecule has 2 heteroatoms. The van der Waals surface area contributed by atoms with E-state index in [0.29, 0.717) is 12.1 Å². The monoisotopic (exact) mass is 205 g/mol. The molecule has 0 saturated heterocycles. The second-order valence-electron chi connectivity index (χ2n) is 4.27. The van der Waals surface area contributed by atoms with Crippen LogP contribution in [0, 0.1) is 0 Å². The molecule has 0 spiro atoms. The van der Waals surface area contributed by atoms with Crippen molar-refractivity contribution < 1.29 is 5.11 Å². The van der Waals surface area contributed by atoms with Crippen LogP contribution in [0.5, 0.6) is 0 Å². The lowest BCUT2D eigenvalue weighted by Crippen LogP contribution is -2.38. The Labute approximate surface area is 91.3 Å². The minimum Gasteiger partial charge on any atom is -0.396 e. The molecule has 2 N–H and O–H groups in total. The summed E-state index contributed by atoms with van der Waals surface area (Å²) >= 11 is 0. The Bertz CT molecular complexity index is 282. The molecule has 1 fully saturated rings. The average molecular weight is 205 g/mol. The van der Waals surface area contributed by atoms with Crippen LogP contribution in [-0.4, -0.2) is 17.8 Å². The molecule has 0 heterocycles. The highest BCUT2D eigenvalue weighted by molar-refractivity contribution is 5.19. The average Bonchev–Trinajstić information content (AvgIpc) is 2.23. The third-order valence-corrected chi connectivity index (χ3v) is 3.16. The second-order valence-corrected chi connectivity index (χ2v) is 4.27. The lowest BCUT2D eigenvalue weighted by Gasteiger charge is -2.31. The molecule has 0 aromatic heterocycles. The highest BCUT2D eigenvalue weighted by Gasteiger charge is 2.21. The van der Waals surface area contributed by atoms with Gasteiger partial charge in [0.25, 0.3) is 0 Å². The number of hydrogen-bond donors (Lipinski definition) is 2. The van der Waals surface area contributed by atoms with E-state index in [4.69, 9.17) is 5.11 Å². The van der Waals surface area contributed by atoms with Crippen molar-refractivity contribution in [1.82, 2.24) is 5.32 Å². The molecule has 0 amide bonds. The Morgan fingerprint density at radius 2 is 2.00 bits per heavy atom. The molecular formula is C13H19NO. The zero-order chi connectivity index (χ0) is 10.5. The number of aliphatic hydroxyl groups excluding tert-OH is 1. The summed E-state index contributed by atoms with van der Waals surface area (Å²) in [5.41, 5.74) is 1.29. The molecule has 0 aliphatic heterocycles. The molecular weight excluding hydrogens is 186 g/mol. The number of nitrogens with one attached hydrogen (secondary N) is 1. The standard InChI is InChI=1S/C13H19NO/c15-10-9-13(14-12-7-4-8-12)11-5-2-1-3-6-11/h1-3,5-6,12-15H,4,7-10H2/t13-/m1/s1. The van der Waals surface area contributed by atoms with Crippen LogP contribution in [0.4, 0.5) is 0 Å². The SMILES string of the molecule is OCC[C@@H](NC1CCC1)c1ccccc1. The van der Waals surface area contributed by atoms with E-state index in [0.717, 1.165) is 6.42 Å². The van der Waals surface area contributed by atoms with E-state index in [1.807, 2.05) is 6.07 Å². The quantitative estimate of drug-likeness (QED) is 0.772. The van der Waals surface area contributed by atoms with Crippen LogP contribution >= 0.6 is 0 Å². The van der Waals surface area contributed by atoms with Crippen molar-refractivity contribution in [2.24, 2.45) is 0 Å². The van der Waals surface area contributed by atoms with Crippen LogP contribution in [0.3, 0.4) is 0 Å². The van der Waals surface area contributed by atoms with Gasteiger partial charge < -0.3 is 10.4 Å². The molecule has 1 aromatic rings. The van der Waals surface area contributed by atoms with Gasteiger partial charge in [-0.25, -0.2) is 0 Å². The molecule has 2 rings (SSSR count). The van der Waals surface area contributed by atoms with E-state index < -0.39 is 0 Å². The van der Waals surface area contributed by atoms with E-state index >= 15 is 0 Å². The molecule has 1 aliphatic rings. The van der Waals surface area contributed by atoms with E-state index in [-0.39, 0.29) is 6.61 Å². The first kappa shape index (κ1) is 10.7. The van der Waals surface area contributed by atoms with Crippen LogP contribution in [-0.2, 0) is 0 Å². The number of benzene rings is 1. The van der Waals surface area contributed by atoms with Crippen molar-refractivity contribution in [3.8, 4) is 0 Å². The third-order valence-electron chi connectivity index (χ3n) is 3.16. The molecule has 1 aromatic carbocycles. The molecule has 1 saturated carbocycles. The Morgan fingerprint density at radius 3 is 2.53 bits per heavy atom. The molecule has 15 heavy (non-hydrogen) atoms. The topological polar surface area (TPSA) is 32.3 Å². The predicted molar refractivity (Wildman–Crippen MR) is 61.7 cm³/mol. The summed E-state index contributed by atoms with van der Waals surface area (Å²) in [5.74, 6) is 0. The molecule has 0 radical (unpaired) electrons. The van der Waals surface area contributed by atoms with Gasteiger partial charge >= 0.3 is 0 Å². The van der Waals surface area contributed by atoms with Gasteiger partial charge in [0, 0.05) is 18.7 Å². The van der Waals surface area contributed by atoms with E-state index in [9.17, 15) is 0 Å². The lowest BCUT2D eigenvalue weighted by atomic mass is 9.91. The largest absolute Gasteiger partial charge is 0.396 e. The molecule has 0 unspecified atom stereocenters. The minimum absolute atomic E-state index is 0.249. The van der Waals surface area contributed by atoms with Crippen LogP contribution in [0.15, 0.2) is 30.3 Å². The van der Waals surface area contributed by atoms with E-state index in [1.54, 1.807) is 0 Å². The first-order valence-corrected chi connectivity index (χ1v) is 5.82. The molecule has 82 valence electrons. The maximum absolute atomic E-state index is 9.06. The lowest BCUT2D eigenvalue weighted by molar-refractivity contribution is 0.238. The van der Waals surface area contributed by atoms with Crippen molar-refractivity contribution in [2.75, 3.05) is 6.61 Å². The first-order valence-electron chi connectivity index (χ1n) is 5.82. The van der Waals surface area contributed by atoms with Gasteiger partial charge in [-0.2, -0.15) is 0 Å². The van der Waals surface area contributed by atoms with Gasteiger partial charge in [-0.15, -0.1) is 0 Å². The summed E-state index contributed by atoms with van der Waals surface area (Å²) in [7, 11) is 0. The second kappa shape index (κ2) is 5.29. The fraction of sp³-hybridized carbons (Fsp3) is 0.538. The number of rotatable bonds is 5. The summed E-state index contributed by atoms with van der Waals surface area (Å²) in [5, 5.41) is 12.7. The van der Waals surface area contributed by atoms with E-state index in [2.05, 4.69) is 29.6 Å². The predicted octanol–water partition coefficient (Wildman–Crippen LogP) is 2.25. The highest BCUT2D eigenvalue weighted by atomic mass is 16.3. The van der Waals surface area contributed by atoms with Crippen molar-refractivity contribution in [3.05, 3.63) is 35.9 Å². The van der Waals surface area contributed by atoms with Crippen molar-refractivity contribution >= 4 is 0 Å². The zero-order valence-corrected chi connectivity index (χ0v) is 9.02. The Kier molecular flexibility index (Phi) is 3.75. The van der Waals surface area contributed by atoms with Gasteiger partial charge in [-0.3, -0.25) is 0 Å². The fourth-order valence-electron chi connectivity index (χ4n) is 2.02. The maximum atomic E-state index is 9.06. The number of aliphatic hydroxyl groups is 1. The van der Waals surface area contributed by atoms with Crippen LogP contribution in [0.2, 0.25) is 0 Å². The van der Waals surface area contributed by atoms with Gasteiger partial charge in [0.15, 0.2) is 0 Å². The Balaban J connectivity index is 1.98. The summed E-state index contributed by atoms with van der Waals surface area (Å²) in [4.78, 5) is 0. The molecule has 1 aliphatic carbocycles. The molecule has 1 atom stereocenters. The van der Waals surface area contributed by atoms with Crippen LogP contribution in [0.1, 0.15) is 37.3 Å². The van der Waals surface area contributed by atoms with Crippen molar-refractivity contribution in [1.29, 1.82) is 0 Å². The zero-order valence-electron chi connectivity index (χ0n) is 9.02. The van der Waals surface area contributed by atoms with E-state index in [1.165, 1.54) is 24.8 Å². The normalized spacial score (nSPS) is 18.5. The summed E-state index contributed by atoms with van der Waals surface area (Å²) < 4.78 is 0. The van der Waals surface area contributed by atoms with Crippen LogP contribution < -0.4 is 5.32 Å². The minimum atomic E-state index is 0.249. The smallest absolute Gasteiger partial charge is 0.0449 e. The van der Waals surface area contributed by atoms with Gasteiger partial charge in [-0.1, -0.05) is 36.8 Å². The van der Waals surface area contributed by atoms with Gasteiger partial charge in [0.2, 0.25) is 0 Å². The maximum Gasteiger partial charge on any atom is 0.0449 e. The Morgan fingerprint density at radius 1 is 1.27 bits per heavy atom. The number of hydrogen-bond acceptors (Lipinski definition) is 2. The third kappa shape index (κ3) is 2.80. The van der Waals surface area contributed by atoms with Gasteiger partial charge in [-0.05, 0) is 24.8 Å². The summed E-state index contributed by atoms with van der Waals surface area (Å²) in [6.07, 6.45) is 4.72. The van der Waals surface area contributed by atoms with Gasteiger partial charge in [0.05, 0.1) is 0 Å². The molecule has 2 nitrogen and oxygen atoms in total. The van der Waals surface area contributed by atoms with Gasteiger partial charge in [0.1, 0.15) is 0 Å². The Hall–Kier alpha value is -0.860. The molecule has 0 bridgehead atoms.